The molecule has 2 fully saturated rings. The number of allylic oxidation sites excluding steroid dienone is 2. The summed E-state index contributed by atoms with van der Waals surface area (Å²) in [6.45, 7) is 11.4. The number of ether oxygens (including phenoxy) is 3. The Kier molecular flexibility index (Phi) is 7.16. The van der Waals surface area contributed by atoms with Gasteiger partial charge in [-0.25, -0.2) is 0 Å². The van der Waals surface area contributed by atoms with Crippen molar-refractivity contribution >= 4 is 17.3 Å². The zero-order chi connectivity index (χ0) is 24.2. The van der Waals surface area contributed by atoms with Gasteiger partial charge in [-0.2, -0.15) is 0 Å². The molecule has 0 aromatic heterocycles. The van der Waals surface area contributed by atoms with Crippen LogP contribution in [-0.4, -0.2) is 49.3 Å². The maximum atomic E-state index is 6.58. The van der Waals surface area contributed by atoms with Gasteiger partial charge in [0.25, 0.3) is 0 Å². The summed E-state index contributed by atoms with van der Waals surface area (Å²) in [4.78, 5) is 4.83. The number of fused-ring (bicyclic) bond motifs is 1. The second-order valence-corrected chi connectivity index (χ2v) is 9.46. The number of halogens is 1. The molecule has 2 aromatic carbocycles. The van der Waals surface area contributed by atoms with Gasteiger partial charge in [0, 0.05) is 49.9 Å². The standard InChI is InChI=1S/C29H31ClN2O3/c1-21-8-3-5-12-26(21)35-29-24(10-7-11-25(29)30)22(2)32-16-14-31(15-17-32)19-23-9-4-6-13-27-28(18-23)34-20-33-27/h3-5,7-13,18,23H,2,6,14-17,19-20H2,1H3/b9-4-,27-13+,28-18+. The molecule has 5 rings (SSSR count). The largest absolute Gasteiger partial charge is 0.455 e. The van der Waals surface area contributed by atoms with Gasteiger partial charge in [0.05, 0.1) is 5.02 Å². The zero-order valence-electron chi connectivity index (χ0n) is 20.1. The predicted octanol–water partition coefficient (Wildman–Crippen LogP) is 6.38. The molecule has 1 aliphatic carbocycles. The molecule has 0 radical (unpaired) electrons. The highest BCUT2D eigenvalue weighted by atomic mass is 35.5. The van der Waals surface area contributed by atoms with Gasteiger partial charge in [-0.3, -0.25) is 4.90 Å². The van der Waals surface area contributed by atoms with E-state index in [0.717, 1.165) is 73.2 Å². The zero-order valence-corrected chi connectivity index (χ0v) is 20.8. The molecular weight excluding hydrogens is 460 g/mol. The molecule has 0 saturated carbocycles. The maximum absolute atomic E-state index is 6.58. The first kappa shape index (κ1) is 23.6. The molecule has 0 bridgehead atoms. The SMILES string of the molecule is C=C(c1cccc(Cl)c1Oc1ccccc1C)N1CCN(CC2/C=C\C/C=C3/OCO/C3=C/2)CC1. The van der Waals surface area contributed by atoms with Crippen LogP contribution in [0.25, 0.3) is 5.70 Å². The van der Waals surface area contributed by atoms with Crippen molar-refractivity contribution in [1.82, 2.24) is 9.80 Å². The normalized spacial score (nSPS) is 23.9. The Morgan fingerprint density at radius 3 is 2.69 bits per heavy atom. The molecule has 2 aromatic rings. The van der Waals surface area contributed by atoms with E-state index in [2.05, 4.69) is 40.7 Å². The highest BCUT2D eigenvalue weighted by Crippen LogP contribution is 2.38. The smallest absolute Gasteiger partial charge is 0.231 e. The monoisotopic (exact) mass is 490 g/mol. The number of para-hydroxylation sites is 2. The fourth-order valence-electron chi connectivity index (χ4n) is 4.67. The number of piperazine rings is 1. The van der Waals surface area contributed by atoms with Crippen LogP contribution < -0.4 is 4.74 Å². The molecule has 2 heterocycles. The van der Waals surface area contributed by atoms with E-state index in [0.29, 0.717) is 23.5 Å². The topological polar surface area (TPSA) is 34.2 Å². The van der Waals surface area contributed by atoms with E-state index in [1.54, 1.807) is 0 Å². The molecule has 1 unspecified atom stereocenters. The van der Waals surface area contributed by atoms with Gasteiger partial charge < -0.3 is 19.1 Å². The predicted molar refractivity (Wildman–Crippen MR) is 140 cm³/mol. The lowest BCUT2D eigenvalue weighted by atomic mass is 10.0. The van der Waals surface area contributed by atoms with Gasteiger partial charge in [-0.15, -0.1) is 0 Å². The lowest BCUT2D eigenvalue weighted by Crippen LogP contribution is -2.46. The van der Waals surface area contributed by atoms with Crippen LogP contribution >= 0.6 is 11.6 Å². The lowest BCUT2D eigenvalue weighted by Gasteiger charge is -2.38. The molecule has 0 amide bonds. The van der Waals surface area contributed by atoms with Gasteiger partial charge >= 0.3 is 0 Å². The van der Waals surface area contributed by atoms with Crippen molar-refractivity contribution in [3.05, 3.63) is 101 Å². The fourth-order valence-corrected chi connectivity index (χ4v) is 4.88. The Morgan fingerprint density at radius 2 is 1.86 bits per heavy atom. The van der Waals surface area contributed by atoms with Crippen LogP contribution in [0.15, 0.2) is 84.9 Å². The number of rotatable bonds is 6. The summed E-state index contributed by atoms with van der Waals surface area (Å²) in [7, 11) is 0. The average molecular weight is 491 g/mol. The first-order valence-corrected chi connectivity index (χ1v) is 12.5. The van der Waals surface area contributed by atoms with E-state index in [4.69, 9.17) is 25.8 Å². The summed E-state index contributed by atoms with van der Waals surface area (Å²) >= 11 is 6.58. The quantitative estimate of drug-likeness (QED) is 0.439. The number of nitrogens with zero attached hydrogens (tertiary/aromatic N) is 2. The highest BCUT2D eigenvalue weighted by Gasteiger charge is 2.24. The Hall–Kier alpha value is -3.15. The number of hydrogen-bond acceptors (Lipinski definition) is 5. The summed E-state index contributed by atoms with van der Waals surface area (Å²) in [5.41, 5.74) is 2.93. The van der Waals surface area contributed by atoms with Gasteiger partial charge in [-0.05, 0) is 49.3 Å². The first-order chi connectivity index (χ1) is 17.1. The minimum Gasteiger partial charge on any atom is -0.455 e. The molecule has 2 saturated heterocycles. The molecule has 35 heavy (non-hydrogen) atoms. The summed E-state index contributed by atoms with van der Waals surface area (Å²) < 4.78 is 17.5. The van der Waals surface area contributed by atoms with Gasteiger partial charge in [-0.1, -0.05) is 54.6 Å². The lowest BCUT2D eigenvalue weighted by molar-refractivity contribution is 0.0969. The van der Waals surface area contributed by atoms with Crippen LogP contribution in [0.3, 0.4) is 0 Å². The van der Waals surface area contributed by atoms with Gasteiger partial charge in [0.1, 0.15) is 5.75 Å². The van der Waals surface area contributed by atoms with Crippen LogP contribution in [0.2, 0.25) is 5.02 Å². The summed E-state index contributed by atoms with van der Waals surface area (Å²) in [5.74, 6) is 3.49. The molecule has 3 aliphatic rings. The second kappa shape index (κ2) is 10.6. The Bertz CT molecular complexity index is 1180. The average Bonchev–Trinajstić information content (AvgIpc) is 3.28. The van der Waals surface area contributed by atoms with Crippen molar-refractivity contribution in [2.24, 2.45) is 5.92 Å². The number of benzene rings is 2. The molecule has 0 N–H and O–H groups in total. The van der Waals surface area contributed by atoms with Crippen molar-refractivity contribution in [2.75, 3.05) is 39.5 Å². The van der Waals surface area contributed by atoms with Gasteiger partial charge in [0.2, 0.25) is 6.79 Å². The van der Waals surface area contributed by atoms with Crippen LogP contribution in [0.5, 0.6) is 11.5 Å². The third-order valence-corrected chi connectivity index (χ3v) is 6.96. The summed E-state index contributed by atoms with van der Waals surface area (Å²) in [5, 5.41) is 0.584. The van der Waals surface area contributed by atoms with Crippen LogP contribution in [-0.2, 0) is 9.47 Å². The Labute approximate surface area is 212 Å². The fraction of sp³-hybridized carbons (Fsp3) is 0.310. The molecule has 5 nitrogen and oxygen atoms in total. The van der Waals surface area contributed by atoms with Crippen molar-refractivity contribution < 1.29 is 14.2 Å². The second-order valence-electron chi connectivity index (χ2n) is 9.05. The van der Waals surface area contributed by atoms with Crippen LogP contribution in [0, 0.1) is 12.8 Å². The van der Waals surface area contributed by atoms with E-state index in [9.17, 15) is 0 Å². The van der Waals surface area contributed by atoms with E-state index in [1.165, 1.54) is 0 Å². The van der Waals surface area contributed by atoms with Crippen molar-refractivity contribution in [2.45, 2.75) is 13.3 Å². The number of aryl methyl sites for hydroxylation is 1. The Morgan fingerprint density at radius 1 is 1.06 bits per heavy atom. The minimum atomic E-state index is 0.298. The van der Waals surface area contributed by atoms with E-state index in [-0.39, 0.29) is 0 Å². The molecule has 182 valence electrons. The Balaban J connectivity index is 1.24. The van der Waals surface area contributed by atoms with Crippen molar-refractivity contribution in [1.29, 1.82) is 0 Å². The minimum absolute atomic E-state index is 0.298. The van der Waals surface area contributed by atoms with E-state index >= 15 is 0 Å². The first-order valence-electron chi connectivity index (χ1n) is 12.1. The van der Waals surface area contributed by atoms with E-state index in [1.807, 2.05) is 49.4 Å². The third kappa shape index (κ3) is 5.42. The van der Waals surface area contributed by atoms with Crippen LogP contribution in [0.4, 0.5) is 0 Å². The van der Waals surface area contributed by atoms with Crippen molar-refractivity contribution in [3.8, 4) is 11.5 Å². The maximum Gasteiger partial charge on any atom is 0.231 e. The molecule has 2 aliphatic heterocycles. The van der Waals surface area contributed by atoms with Gasteiger partial charge in [0.15, 0.2) is 17.3 Å². The molecule has 1 atom stereocenters. The molecule has 6 heteroatoms. The van der Waals surface area contributed by atoms with Crippen molar-refractivity contribution in [3.63, 3.8) is 0 Å². The molecule has 0 spiro atoms. The highest BCUT2D eigenvalue weighted by molar-refractivity contribution is 6.32. The summed E-state index contributed by atoms with van der Waals surface area (Å²) in [6.07, 6.45) is 9.60. The van der Waals surface area contributed by atoms with Crippen LogP contribution in [0.1, 0.15) is 17.5 Å². The molecular formula is C29H31ClN2O3. The number of hydrogen-bond donors (Lipinski definition) is 0. The third-order valence-electron chi connectivity index (χ3n) is 6.67. The van der Waals surface area contributed by atoms with E-state index < -0.39 is 0 Å². The summed E-state index contributed by atoms with van der Waals surface area (Å²) in [6, 6.07) is 13.8.